The number of aromatic hydroxyl groups is 1. The summed E-state index contributed by atoms with van der Waals surface area (Å²) >= 11 is 0. The van der Waals surface area contributed by atoms with Gasteiger partial charge in [-0.1, -0.05) is 12.1 Å². The third-order valence-corrected chi connectivity index (χ3v) is 2.54. The number of rotatable bonds is 3. The van der Waals surface area contributed by atoms with Crippen molar-refractivity contribution in [3.63, 3.8) is 0 Å². The van der Waals surface area contributed by atoms with Crippen LogP contribution in [0, 0.1) is 11.6 Å². The predicted molar refractivity (Wildman–Crippen MR) is 65.6 cm³/mol. The van der Waals surface area contributed by atoms with E-state index in [0.29, 0.717) is 5.56 Å². The van der Waals surface area contributed by atoms with E-state index in [1.165, 1.54) is 30.3 Å². The average Bonchev–Trinajstić information content (AvgIpc) is 2.36. The van der Waals surface area contributed by atoms with Crippen molar-refractivity contribution >= 4 is 5.91 Å². The number of benzene rings is 2. The summed E-state index contributed by atoms with van der Waals surface area (Å²) in [4.78, 5) is 11.7. The number of amides is 1. The van der Waals surface area contributed by atoms with Crippen molar-refractivity contribution < 1.29 is 18.7 Å². The van der Waals surface area contributed by atoms with Crippen molar-refractivity contribution in [1.82, 2.24) is 5.32 Å². The lowest BCUT2D eigenvalue weighted by atomic mass is 10.1. The monoisotopic (exact) mass is 263 g/mol. The Morgan fingerprint density at radius 3 is 2.63 bits per heavy atom. The molecule has 19 heavy (non-hydrogen) atoms. The molecule has 0 saturated carbocycles. The number of phenols is 1. The maximum absolute atomic E-state index is 13.4. The summed E-state index contributed by atoms with van der Waals surface area (Å²) in [5.74, 6) is -2.08. The van der Waals surface area contributed by atoms with E-state index in [1.807, 2.05) is 0 Å². The smallest absolute Gasteiger partial charge is 0.254 e. The summed E-state index contributed by atoms with van der Waals surface area (Å²) in [6, 6.07) is 9.02. The zero-order chi connectivity index (χ0) is 13.8. The fourth-order valence-electron chi connectivity index (χ4n) is 1.61. The standard InChI is InChI=1S/C14H11F2NO2/c15-10-3-1-2-9(6-10)8-17-14(19)12-5-4-11(18)7-13(12)16/h1-7,18H,8H2,(H,17,19). The third kappa shape index (κ3) is 3.28. The van der Waals surface area contributed by atoms with E-state index in [9.17, 15) is 13.6 Å². The van der Waals surface area contributed by atoms with Gasteiger partial charge >= 0.3 is 0 Å². The minimum Gasteiger partial charge on any atom is -0.508 e. The van der Waals surface area contributed by atoms with Gasteiger partial charge in [0.15, 0.2) is 0 Å². The first-order valence-electron chi connectivity index (χ1n) is 5.57. The van der Waals surface area contributed by atoms with Crippen molar-refractivity contribution in [2.45, 2.75) is 6.54 Å². The van der Waals surface area contributed by atoms with Crippen LogP contribution in [0.25, 0.3) is 0 Å². The molecule has 2 rings (SSSR count). The summed E-state index contributed by atoms with van der Waals surface area (Å²) in [5.41, 5.74) is 0.404. The van der Waals surface area contributed by atoms with Gasteiger partial charge in [0, 0.05) is 12.6 Å². The number of hydrogen-bond acceptors (Lipinski definition) is 2. The zero-order valence-corrected chi connectivity index (χ0v) is 9.86. The topological polar surface area (TPSA) is 49.3 Å². The molecule has 0 fully saturated rings. The highest BCUT2D eigenvalue weighted by molar-refractivity contribution is 5.94. The molecule has 2 aromatic rings. The molecule has 2 aromatic carbocycles. The van der Waals surface area contributed by atoms with Gasteiger partial charge in [0.1, 0.15) is 17.4 Å². The Labute approximate surface area is 108 Å². The Kier molecular flexibility index (Phi) is 3.75. The molecule has 0 aliphatic heterocycles. The van der Waals surface area contributed by atoms with Gasteiger partial charge in [-0.25, -0.2) is 8.78 Å². The largest absolute Gasteiger partial charge is 0.508 e. The summed E-state index contributed by atoms with van der Waals surface area (Å²) in [5, 5.41) is 11.5. The normalized spacial score (nSPS) is 10.2. The molecular weight excluding hydrogens is 252 g/mol. The summed E-state index contributed by atoms with van der Waals surface area (Å²) in [6.45, 7) is 0.0942. The molecule has 0 radical (unpaired) electrons. The van der Waals surface area contributed by atoms with Gasteiger partial charge in [0.25, 0.3) is 5.91 Å². The lowest BCUT2D eigenvalue weighted by Gasteiger charge is -2.06. The Bertz CT molecular complexity index is 614. The van der Waals surface area contributed by atoms with Crippen LogP contribution in [0.15, 0.2) is 42.5 Å². The number of nitrogens with one attached hydrogen (secondary N) is 1. The molecule has 0 heterocycles. The molecule has 0 spiro atoms. The highest BCUT2D eigenvalue weighted by Gasteiger charge is 2.11. The molecule has 2 N–H and O–H groups in total. The van der Waals surface area contributed by atoms with E-state index in [4.69, 9.17) is 5.11 Å². The highest BCUT2D eigenvalue weighted by atomic mass is 19.1. The van der Waals surface area contributed by atoms with E-state index < -0.39 is 17.5 Å². The minimum absolute atomic E-state index is 0.0942. The zero-order valence-electron chi connectivity index (χ0n) is 9.86. The quantitative estimate of drug-likeness (QED) is 0.894. The van der Waals surface area contributed by atoms with Crippen molar-refractivity contribution in [2.75, 3.05) is 0 Å². The summed E-state index contributed by atoms with van der Waals surface area (Å²) in [6.07, 6.45) is 0. The second-order valence-electron chi connectivity index (χ2n) is 3.98. The Hall–Kier alpha value is -2.43. The van der Waals surface area contributed by atoms with Gasteiger partial charge in [-0.3, -0.25) is 4.79 Å². The van der Waals surface area contributed by atoms with E-state index in [-0.39, 0.29) is 17.9 Å². The molecule has 5 heteroatoms. The first kappa shape index (κ1) is 13.0. The molecule has 0 aliphatic rings. The Morgan fingerprint density at radius 1 is 1.16 bits per heavy atom. The van der Waals surface area contributed by atoms with Crippen LogP contribution >= 0.6 is 0 Å². The van der Waals surface area contributed by atoms with Gasteiger partial charge in [0.05, 0.1) is 5.56 Å². The summed E-state index contributed by atoms with van der Waals surface area (Å²) < 4.78 is 26.3. The van der Waals surface area contributed by atoms with Crippen molar-refractivity contribution in [2.24, 2.45) is 0 Å². The molecule has 98 valence electrons. The molecule has 0 aliphatic carbocycles. The number of carbonyl (C=O) groups excluding carboxylic acids is 1. The molecule has 0 atom stereocenters. The van der Waals surface area contributed by atoms with Crippen LogP contribution in [0.2, 0.25) is 0 Å². The van der Waals surface area contributed by atoms with Crippen LogP contribution in [0.5, 0.6) is 5.75 Å². The molecule has 0 aromatic heterocycles. The molecule has 0 unspecified atom stereocenters. The second kappa shape index (κ2) is 5.48. The van der Waals surface area contributed by atoms with Crippen LogP contribution < -0.4 is 5.32 Å². The number of hydrogen-bond donors (Lipinski definition) is 2. The Morgan fingerprint density at radius 2 is 1.95 bits per heavy atom. The molecular formula is C14H11F2NO2. The van der Waals surface area contributed by atoms with Gasteiger partial charge in [-0.05, 0) is 29.8 Å². The van der Waals surface area contributed by atoms with E-state index in [2.05, 4.69) is 5.32 Å². The fraction of sp³-hybridized carbons (Fsp3) is 0.0714. The number of carbonyl (C=O) groups is 1. The van der Waals surface area contributed by atoms with Gasteiger partial charge in [0.2, 0.25) is 0 Å². The van der Waals surface area contributed by atoms with Crippen LogP contribution in [-0.4, -0.2) is 11.0 Å². The lowest BCUT2D eigenvalue weighted by molar-refractivity contribution is 0.0947. The van der Waals surface area contributed by atoms with Crippen LogP contribution in [0.1, 0.15) is 15.9 Å². The Balaban J connectivity index is 2.05. The SMILES string of the molecule is O=C(NCc1cccc(F)c1)c1ccc(O)cc1F. The maximum Gasteiger partial charge on any atom is 0.254 e. The maximum atomic E-state index is 13.4. The van der Waals surface area contributed by atoms with E-state index in [0.717, 1.165) is 6.07 Å². The predicted octanol–water partition coefficient (Wildman–Crippen LogP) is 2.60. The summed E-state index contributed by atoms with van der Waals surface area (Å²) in [7, 11) is 0. The number of phenolic OH excluding ortho intramolecular Hbond substituents is 1. The van der Waals surface area contributed by atoms with E-state index in [1.54, 1.807) is 6.07 Å². The minimum atomic E-state index is -0.809. The highest BCUT2D eigenvalue weighted by Crippen LogP contribution is 2.15. The molecule has 0 bridgehead atoms. The first-order chi connectivity index (χ1) is 9.06. The average molecular weight is 263 g/mol. The molecule has 1 amide bonds. The van der Waals surface area contributed by atoms with Crippen LogP contribution in [0.3, 0.4) is 0 Å². The van der Waals surface area contributed by atoms with Crippen molar-refractivity contribution in [1.29, 1.82) is 0 Å². The van der Waals surface area contributed by atoms with Gasteiger partial charge in [-0.2, -0.15) is 0 Å². The van der Waals surface area contributed by atoms with Crippen molar-refractivity contribution in [3.8, 4) is 5.75 Å². The fourth-order valence-corrected chi connectivity index (χ4v) is 1.61. The molecule has 3 nitrogen and oxygen atoms in total. The van der Waals surface area contributed by atoms with Crippen molar-refractivity contribution in [3.05, 3.63) is 65.2 Å². The van der Waals surface area contributed by atoms with Crippen LogP contribution in [-0.2, 0) is 6.54 Å². The second-order valence-corrected chi connectivity index (χ2v) is 3.98. The van der Waals surface area contributed by atoms with E-state index >= 15 is 0 Å². The lowest BCUT2D eigenvalue weighted by Crippen LogP contribution is -2.23. The van der Waals surface area contributed by atoms with Crippen LogP contribution in [0.4, 0.5) is 8.78 Å². The molecule has 0 saturated heterocycles. The van der Waals surface area contributed by atoms with Gasteiger partial charge < -0.3 is 10.4 Å². The third-order valence-electron chi connectivity index (χ3n) is 2.54. The van der Waals surface area contributed by atoms with Gasteiger partial charge in [-0.15, -0.1) is 0 Å². The number of halogens is 2. The first-order valence-corrected chi connectivity index (χ1v) is 5.57.